The highest BCUT2D eigenvalue weighted by Crippen LogP contribution is 2.23. The predicted molar refractivity (Wildman–Crippen MR) is 90.2 cm³/mol. The van der Waals surface area contributed by atoms with E-state index in [9.17, 15) is 14.0 Å². The number of amides is 1. The smallest absolute Gasteiger partial charge is 0.337 e. The molecule has 1 saturated heterocycles. The highest BCUT2D eigenvalue weighted by molar-refractivity contribution is 5.97. The van der Waals surface area contributed by atoms with Gasteiger partial charge in [-0.1, -0.05) is 18.2 Å². The van der Waals surface area contributed by atoms with Crippen molar-refractivity contribution >= 4 is 17.6 Å². The third-order valence-electron chi connectivity index (χ3n) is 4.04. The highest BCUT2D eigenvalue weighted by Gasteiger charge is 2.30. The average Bonchev–Trinajstić information content (AvgIpc) is 3.12. The lowest BCUT2D eigenvalue weighted by atomic mass is 10.0. The van der Waals surface area contributed by atoms with Crippen molar-refractivity contribution < 1.29 is 18.7 Å². The lowest BCUT2D eigenvalue weighted by Gasteiger charge is -2.11. The molecule has 2 aromatic rings. The number of rotatable bonds is 4. The monoisotopic (exact) mass is 343 g/mol. The van der Waals surface area contributed by atoms with Crippen LogP contribution in [0.5, 0.6) is 0 Å². The van der Waals surface area contributed by atoms with Crippen LogP contribution in [0.2, 0.25) is 0 Å². The van der Waals surface area contributed by atoms with Gasteiger partial charge in [0.05, 0.1) is 12.7 Å². The van der Waals surface area contributed by atoms with E-state index in [4.69, 9.17) is 0 Å². The first kappa shape index (κ1) is 17.1. The Hall–Kier alpha value is -2.77. The maximum absolute atomic E-state index is 13.0. The summed E-state index contributed by atoms with van der Waals surface area (Å²) in [6.07, 6.45) is 0.522. The van der Waals surface area contributed by atoms with Crippen molar-refractivity contribution in [2.75, 3.05) is 12.4 Å². The normalized spacial score (nSPS) is 19.4. The van der Waals surface area contributed by atoms with E-state index in [0.717, 1.165) is 5.56 Å². The van der Waals surface area contributed by atoms with Crippen LogP contribution in [0.1, 0.15) is 28.4 Å². The number of carbonyl (C=O) groups excluding carboxylic acids is 2. The van der Waals surface area contributed by atoms with E-state index in [1.165, 1.54) is 19.2 Å². The van der Waals surface area contributed by atoms with Crippen molar-refractivity contribution in [2.24, 2.45) is 0 Å². The van der Waals surface area contributed by atoms with Crippen LogP contribution < -0.4 is 16.2 Å². The van der Waals surface area contributed by atoms with E-state index >= 15 is 0 Å². The molecular formula is C18H18FN3O3. The van der Waals surface area contributed by atoms with Gasteiger partial charge in [-0.2, -0.15) is 0 Å². The maximum atomic E-state index is 13.0. The minimum Gasteiger partial charge on any atom is -0.465 e. The van der Waals surface area contributed by atoms with Crippen LogP contribution in [0.4, 0.5) is 10.1 Å². The Bertz CT molecular complexity index is 779. The molecule has 25 heavy (non-hydrogen) atoms. The van der Waals surface area contributed by atoms with Crippen molar-refractivity contribution in [1.82, 2.24) is 10.9 Å². The molecule has 1 heterocycles. The number of esters is 1. The number of anilines is 1. The van der Waals surface area contributed by atoms with Gasteiger partial charge in [-0.15, -0.1) is 0 Å². The molecule has 7 heteroatoms. The van der Waals surface area contributed by atoms with Gasteiger partial charge in [-0.25, -0.2) is 20.0 Å². The Morgan fingerprint density at radius 3 is 2.64 bits per heavy atom. The van der Waals surface area contributed by atoms with Crippen molar-refractivity contribution in [1.29, 1.82) is 0 Å². The molecule has 1 aliphatic rings. The quantitative estimate of drug-likeness (QED) is 0.742. The van der Waals surface area contributed by atoms with E-state index in [2.05, 4.69) is 20.9 Å². The van der Waals surface area contributed by atoms with Crippen molar-refractivity contribution in [3.8, 4) is 0 Å². The second kappa shape index (κ2) is 7.42. The molecule has 1 fully saturated rings. The minimum absolute atomic E-state index is 0.0854. The van der Waals surface area contributed by atoms with Crippen LogP contribution in [0.25, 0.3) is 0 Å². The number of ether oxygens (including phenoxy) is 1. The number of benzene rings is 2. The molecule has 0 aliphatic carbocycles. The molecule has 0 aromatic heterocycles. The molecule has 2 unspecified atom stereocenters. The SMILES string of the molecule is COC(=O)c1cccc(NC(=O)C2CC(c3ccc(F)cc3)NN2)c1. The lowest BCUT2D eigenvalue weighted by molar-refractivity contribution is -0.117. The zero-order valence-electron chi connectivity index (χ0n) is 13.6. The van der Waals surface area contributed by atoms with Crippen LogP contribution in [-0.2, 0) is 9.53 Å². The summed E-state index contributed by atoms with van der Waals surface area (Å²) in [5, 5.41) is 2.78. The predicted octanol–water partition coefficient (Wildman–Crippen LogP) is 2.16. The zero-order chi connectivity index (χ0) is 17.8. The average molecular weight is 343 g/mol. The third-order valence-corrected chi connectivity index (χ3v) is 4.04. The second-order valence-corrected chi connectivity index (χ2v) is 5.74. The summed E-state index contributed by atoms with van der Waals surface area (Å²) < 4.78 is 17.7. The molecule has 6 nitrogen and oxygen atoms in total. The molecule has 0 spiro atoms. The number of carbonyl (C=O) groups is 2. The van der Waals surface area contributed by atoms with E-state index in [0.29, 0.717) is 17.7 Å². The second-order valence-electron chi connectivity index (χ2n) is 5.74. The Kier molecular flexibility index (Phi) is 5.06. The molecule has 0 radical (unpaired) electrons. The minimum atomic E-state index is -0.465. The lowest BCUT2D eigenvalue weighted by Crippen LogP contribution is -2.39. The Morgan fingerprint density at radius 2 is 1.92 bits per heavy atom. The Morgan fingerprint density at radius 1 is 1.16 bits per heavy atom. The summed E-state index contributed by atoms with van der Waals surface area (Å²) in [6, 6.07) is 12.2. The summed E-state index contributed by atoms with van der Waals surface area (Å²) in [4.78, 5) is 24.0. The summed E-state index contributed by atoms with van der Waals surface area (Å²) in [5.41, 5.74) is 7.76. The first-order valence-corrected chi connectivity index (χ1v) is 7.82. The summed E-state index contributed by atoms with van der Waals surface area (Å²) in [6.45, 7) is 0. The van der Waals surface area contributed by atoms with Gasteiger partial charge in [0, 0.05) is 11.7 Å². The van der Waals surface area contributed by atoms with Gasteiger partial charge in [0.1, 0.15) is 11.9 Å². The van der Waals surface area contributed by atoms with Crippen molar-refractivity contribution in [2.45, 2.75) is 18.5 Å². The van der Waals surface area contributed by atoms with Gasteiger partial charge in [-0.05, 0) is 42.3 Å². The number of hydrogen-bond acceptors (Lipinski definition) is 5. The largest absolute Gasteiger partial charge is 0.465 e. The molecule has 2 atom stereocenters. The Balaban J connectivity index is 1.63. The van der Waals surface area contributed by atoms with Gasteiger partial charge >= 0.3 is 5.97 Å². The molecule has 0 bridgehead atoms. The van der Waals surface area contributed by atoms with Gasteiger partial charge in [0.15, 0.2) is 0 Å². The topological polar surface area (TPSA) is 79.5 Å². The van der Waals surface area contributed by atoms with Crippen molar-refractivity contribution in [3.63, 3.8) is 0 Å². The molecule has 1 aliphatic heterocycles. The van der Waals surface area contributed by atoms with Gasteiger partial charge in [0.25, 0.3) is 0 Å². The summed E-state index contributed by atoms with van der Waals surface area (Å²) in [5.74, 6) is -0.984. The molecule has 0 saturated carbocycles. The van der Waals surface area contributed by atoms with Crippen LogP contribution in [0, 0.1) is 5.82 Å². The molecule has 2 aromatic carbocycles. The van der Waals surface area contributed by atoms with E-state index in [1.54, 1.807) is 36.4 Å². The fourth-order valence-electron chi connectivity index (χ4n) is 2.71. The van der Waals surface area contributed by atoms with Crippen LogP contribution in [-0.4, -0.2) is 25.0 Å². The molecular weight excluding hydrogens is 325 g/mol. The first-order chi connectivity index (χ1) is 12.1. The number of hydrazine groups is 1. The third kappa shape index (κ3) is 4.01. The fourth-order valence-corrected chi connectivity index (χ4v) is 2.71. The molecule has 3 N–H and O–H groups in total. The van der Waals surface area contributed by atoms with Crippen molar-refractivity contribution in [3.05, 3.63) is 65.5 Å². The fraction of sp³-hybridized carbons (Fsp3) is 0.222. The number of methoxy groups -OCH3 is 1. The summed E-state index contributed by atoms with van der Waals surface area (Å²) in [7, 11) is 1.30. The zero-order valence-corrected chi connectivity index (χ0v) is 13.6. The number of nitrogens with one attached hydrogen (secondary N) is 3. The molecule has 3 rings (SSSR count). The van der Waals surface area contributed by atoms with E-state index in [1.807, 2.05) is 0 Å². The van der Waals surface area contributed by atoms with Gasteiger partial charge in [0.2, 0.25) is 5.91 Å². The molecule has 130 valence electrons. The van der Waals surface area contributed by atoms with E-state index < -0.39 is 12.0 Å². The van der Waals surface area contributed by atoms with Crippen LogP contribution in [0.3, 0.4) is 0 Å². The van der Waals surface area contributed by atoms with Crippen LogP contribution >= 0.6 is 0 Å². The number of halogens is 1. The highest BCUT2D eigenvalue weighted by atomic mass is 19.1. The maximum Gasteiger partial charge on any atom is 0.337 e. The first-order valence-electron chi connectivity index (χ1n) is 7.82. The standard InChI is InChI=1S/C18H18FN3O3/c1-25-18(24)12-3-2-4-14(9-12)20-17(23)16-10-15(21-22-16)11-5-7-13(19)8-6-11/h2-9,15-16,21-22H,10H2,1H3,(H,20,23). The van der Waals surface area contributed by atoms with Crippen LogP contribution in [0.15, 0.2) is 48.5 Å². The Labute approximate surface area is 144 Å². The molecule has 1 amide bonds. The van der Waals surface area contributed by atoms with Gasteiger partial charge < -0.3 is 10.1 Å². The number of hydrogen-bond donors (Lipinski definition) is 3. The summed E-state index contributed by atoms with van der Waals surface area (Å²) >= 11 is 0. The van der Waals surface area contributed by atoms with E-state index in [-0.39, 0.29) is 17.8 Å². The van der Waals surface area contributed by atoms with Gasteiger partial charge in [-0.3, -0.25) is 4.79 Å².